The second kappa shape index (κ2) is 6.76. The van der Waals surface area contributed by atoms with Crippen molar-refractivity contribution < 1.29 is 4.79 Å². The Labute approximate surface area is 130 Å². The highest BCUT2D eigenvalue weighted by Crippen LogP contribution is 2.26. The summed E-state index contributed by atoms with van der Waals surface area (Å²) >= 11 is 1.77. The number of nitrogens with two attached hydrogens (primary N) is 1. The molecule has 1 atom stereocenters. The van der Waals surface area contributed by atoms with E-state index in [0.717, 1.165) is 11.3 Å². The van der Waals surface area contributed by atoms with Crippen molar-refractivity contribution in [2.24, 2.45) is 0 Å². The lowest BCUT2D eigenvalue weighted by molar-refractivity contribution is -0.121. The van der Waals surface area contributed by atoms with Gasteiger partial charge in [-0.25, -0.2) is 0 Å². The molecule has 3 nitrogen and oxygen atoms in total. The monoisotopic (exact) mass is 302 g/mol. The molecule has 0 aliphatic rings. The van der Waals surface area contributed by atoms with Crippen LogP contribution in [-0.4, -0.2) is 5.91 Å². The lowest BCUT2D eigenvalue weighted by Gasteiger charge is -2.14. The molecule has 0 spiro atoms. The van der Waals surface area contributed by atoms with Crippen LogP contribution in [0.25, 0.3) is 0 Å². The number of benzene rings is 1. The number of hydrogen-bond donors (Lipinski definition) is 2. The number of nitrogen functional groups attached to an aromatic ring is 1. The topological polar surface area (TPSA) is 55.1 Å². The van der Waals surface area contributed by atoms with E-state index in [2.05, 4.69) is 25.2 Å². The summed E-state index contributed by atoms with van der Waals surface area (Å²) in [6, 6.07) is 9.90. The Hall–Kier alpha value is -1.81. The average Bonchev–Trinajstić information content (AvgIpc) is 2.77. The number of aryl methyl sites for hydroxylation is 3. The molecule has 3 N–H and O–H groups in total. The Morgan fingerprint density at radius 1 is 1.33 bits per heavy atom. The van der Waals surface area contributed by atoms with Gasteiger partial charge in [0.25, 0.3) is 0 Å². The van der Waals surface area contributed by atoms with E-state index in [-0.39, 0.29) is 11.9 Å². The summed E-state index contributed by atoms with van der Waals surface area (Å²) < 4.78 is 0. The van der Waals surface area contributed by atoms with Crippen molar-refractivity contribution in [1.29, 1.82) is 0 Å². The van der Waals surface area contributed by atoms with Crippen LogP contribution < -0.4 is 11.1 Å². The lowest BCUT2D eigenvalue weighted by atomic mass is 10.1. The first kappa shape index (κ1) is 15.6. The number of para-hydroxylation sites is 1. The SMILES string of the molecule is Cc1cc(C(C)NC(=O)CCc2ccccc2N)c(C)s1. The Bertz CT molecular complexity index is 633. The molecule has 0 radical (unpaired) electrons. The number of carbonyl (C=O) groups is 1. The Kier molecular flexibility index (Phi) is 5.02. The van der Waals surface area contributed by atoms with Gasteiger partial charge in [-0.15, -0.1) is 11.3 Å². The fourth-order valence-corrected chi connectivity index (χ4v) is 3.50. The zero-order valence-electron chi connectivity index (χ0n) is 12.8. The largest absolute Gasteiger partial charge is 0.399 e. The average molecular weight is 302 g/mol. The van der Waals surface area contributed by atoms with Crippen molar-refractivity contribution in [2.75, 3.05) is 5.73 Å². The third kappa shape index (κ3) is 4.08. The van der Waals surface area contributed by atoms with Gasteiger partial charge in [-0.3, -0.25) is 4.79 Å². The van der Waals surface area contributed by atoms with E-state index in [1.54, 1.807) is 11.3 Å². The predicted octanol–water partition coefficient (Wildman–Crippen LogP) is 3.76. The maximum atomic E-state index is 12.1. The number of rotatable bonds is 5. The molecular weight excluding hydrogens is 280 g/mol. The van der Waals surface area contributed by atoms with Crippen molar-refractivity contribution in [3.8, 4) is 0 Å². The van der Waals surface area contributed by atoms with Gasteiger partial charge in [0.2, 0.25) is 5.91 Å². The maximum absolute atomic E-state index is 12.1. The molecule has 1 unspecified atom stereocenters. The number of carbonyl (C=O) groups excluding carboxylic acids is 1. The summed E-state index contributed by atoms with van der Waals surface area (Å²) in [7, 11) is 0. The smallest absolute Gasteiger partial charge is 0.220 e. The van der Waals surface area contributed by atoms with E-state index in [1.165, 1.54) is 15.3 Å². The maximum Gasteiger partial charge on any atom is 0.220 e. The number of anilines is 1. The van der Waals surface area contributed by atoms with E-state index in [4.69, 9.17) is 5.73 Å². The van der Waals surface area contributed by atoms with Gasteiger partial charge in [-0.2, -0.15) is 0 Å². The molecule has 1 heterocycles. The first-order valence-electron chi connectivity index (χ1n) is 7.17. The molecule has 1 aromatic heterocycles. The summed E-state index contributed by atoms with van der Waals surface area (Å²) in [4.78, 5) is 14.6. The minimum absolute atomic E-state index is 0.0515. The van der Waals surface area contributed by atoms with E-state index in [9.17, 15) is 4.79 Å². The van der Waals surface area contributed by atoms with Crippen molar-refractivity contribution >= 4 is 22.9 Å². The van der Waals surface area contributed by atoms with Gasteiger partial charge in [0.15, 0.2) is 0 Å². The van der Waals surface area contributed by atoms with Crippen LogP contribution in [0.1, 0.15) is 40.3 Å². The summed E-state index contributed by atoms with van der Waals surface area (Å²) in [6.45, 7) is 6.22. The minimum atomic E-state index is 0.0515. The molecule has 0 aliphatic carbocycles. The molecule has 0 saturated carbocycles. The molecule has 1 aromatic carbocycles. The highest BCUT2D eigenvalue weighted by atomic mass is 32.1. The quantitative estimate of drug-likeness (QED) is 0.826. The fraction of sp³-hybridized carbons (Fsp3) is 0.353. The molecule has 112 valence electrons. The molecular formula is C17H22N2OS. The van der Waals surface area contributed by atoms with Crippen LogP contribution in [0.4, 0.5) is 5.69 Å². The first-order chi connectivity index (χ1) is 9.97. The third-order valence-corrected chi connectivity index (χ3v) is 4.58. The zero-order valence-corrected chi connectivity index (χ0v) is 13.6. The summed E-state index contributed by atoms with van der Waals surface area (Å²) in [5.74, 6) is 0.0639. The van der Waals surface area contributed by atoms with Crippen LogP contribution >= 0.6 is 11.3 Å². The Morgan fingerprint density at radius 2 is 2.05 bits per heavy atom. The molecule has 21 heavy (non-hydrogen) atoms. The molecule has 1 amide bonds. The van der Waals surface area contributed by atoms with Gasteiger partial charge in [0.1, 0.15) is 0 Å². The van der Waals surface area contributed by atoms with Crippen LogP contribution in [0, 0.1) is 13.8 Å². The Balaban J connectivity index is 1.90. The van der Waals surface area contributed by atoms with Crippen molar-refractivity contribution in [3.05, 3.63) is 51.2 Å². The van der Waals surface area contributed by atoms with Crippen LogP contribution in [0.3, 0.4) is 0 Å². The molecule has 0 fully saturated rings. The highest BCUT2D eigenvalue weighted by molar-refractivity contribution is 7.12. The fourth-order valence-electron chi connectivity index (χ4n) is 2.48. The standard InChI is InChI=1S/C17H22N2OS/c1-11-10-15(13(3)21-11)12(2)19-17(20)9-8-14-6-4-5-7-16(14)18/h4-7,10,12H,8-9,18H2,1-3H3,(H,19,20). The van der Waals surface area contributed by atoms with Crippen LogP contribution in [0.2, 0.25) is 0 Å². The van der Waals surface area contributed by atoms with Gasteiger partial charge in [0, 0.05) is 21.9 Å². The van der Waals surface area contributed by atoms with E-state index in [0.29, 0.717) is 12.8 Å². The molecule has 0 saturated heterocycles. The van der Waals surface area contributed by atoms with Gasteiger partial charge in [0.05, 0.1) is 6.04 Å². The molecule has 0 aliphatic heterocycles. The zero-order chi connectivity index (χ0) is 15.4. The highest BCUT2D eigenvalue weighted by Gasteiger charge is 2.14. The second-order valence-electron chi connectivity index (χ2n) is 5.36. The predicted molar refractivity (Wildman–Crippen MR) is 89.5 cm³/mol. The number of nitrogens with one attached hydrogen (secondary N) is 1. The summed E-state index contributed by atoms with van der Waals surface area (Å²) in [5.41, 5.74) is 8.89. The number of thiophene rings is 1. The van der Waals surface area contributed by atoms with Gasteiger partial charge >= 0.3 is 0 Å². The molecule has 2 rings (SSSR count). The van der Waals surface area contributed by atoms with Gasteiger partial charge < -0.3 is 11.1 Å². The van der Waals surface area contributed by atoms with E-state index < -0.39 is 0 Å². The van der Waals surface area contributed by atoms with Gasteiger partial charge in [-0.1, -0.05) is 18.2 Å². The number of amides is 1. The summed E-state index contributed by atoms with van der Waals surface area (Å²) in [5, 5.41) is 3.07. The van der Waals surface area contributed by atoms with E-state index in [1.807, 2.05) is 31.2 Å². The van der Waals surface area contributed by atoms with Crippen molar-refractivity contribution in [1.82, 2.24) is 5.32 Å². The second-order valence-corrected chi connectivity index (χ2v) is 6.82. The van der Waals surface area contributed by atoms with Gasteiger partial charge in [-0.05, 0) is 50.5 Å². The van der Waals surface area contributed by atoms with Crippen molar-refractivity contribution in [3.63, 3.8) is 0 Å². The Morgan fingerprint density at radius 3 is 2.67 bits per heavy atom. The minimum Gasteiger partial charge on any atom is -0.399 e. The number of hydrogen-bond acceptors (Lipinski definition) is 3. The van der Waals surface area contributed by atoms with Crippen LogP contribution in [-0.2, 0) is 11.2 Å². The molecule has 2 aromatic rings. The first-order valence-corrected chi connectivity index (χ1v) is 7.98. The normalized spacial score (nSPS) is 12.1. The summed E-state index contributed by atoms with van der Waals surface area (Å²) in [6.07, 6.45) is 1.13. The third-order valence-electron chi connectivity index (χ3n) is 3.60. The molecule has 4 heteroatoms. The lowest BCUT2D eigenvalue weighted by Crippen LogP contribution is -2.27. The van der Waals surface area contributed by atoms with Crippen LogP contribution in [0.15, 0.2) is 30.3 Å². The van der Waals surface area contributed by atoms with Crippen molar-refractivity contribution in [2.45, 2.75) is 39.7 Å². The van der Waals surface area contributed by atoms with E-state index >= 15 is 0 Å². The van der Waals surface area contributed by atoms with Crippen LogP contribution in [0.5, 0.6) is 0 Å². The molecule has 0 bridgehead atoms.